The molecule has 1 atom stereocenters. The molecule has 2 heterocycles. The summed E-state index contributed by atoms with van der Waals surface area (Å²) in [6, 6.07) is 7.00. The van der Waals surface area contributed by atoms with E-state index in [0.717, 1.165) is 25.2 Å². The van der Waals surface area contributed by atoms with Gasteiger partial charge in [0.15, 0.2) is 5.82 Å². The maximum atomic E-state index is 12.6. The van der Waals surface area contributed by atoms with E-state index >= 15 is 0 Å². The molecule has 1 saturated heterocycles. The molecule has 1 amide bonds. The molecule has 0 unspecified atom stereocenters. The zero-order chi connectivity index (χ0) is 16.4. The number of aromatic nitrogens is 2. The fourth-order valence-electron chi connectivity index (χ4n) is 2.79. The first-order chi connectivity index (χ1) is 11.0. The third-order valence-electron chi connectivity index (χ3n) is 4.12. The first kappa shape index (κ1) is 16.0. The van der Waals surface area contributed by atoms with E-state index in [-0.39, 0.29) is 17.7 Å². The van der Waals surface area contributed by atoms with Gasteiger partial charge in [0, 0.05) is 29.6 Å². The van der Waals surface area contributed by atoms with E-state index in [9.17, 15) is 4.79 Å². The number of carbonyl (C=O) groups excluding carboxylic acids is 1. The number of nitrogens with zero attached hydrogens (tertiary/aromatic N) is 3. The van der Waals surface area contributed by atoms with Crippen molar-refractivity contribution in [3.8, 4) is 0 Å². The summed E-state index contributed by atoms with van der Waals surface area (Å²) < 4.78 is 5.40. The fraction of sp³-hybridized carbons (Fsp3) is 0.471. The van der Waals surface area contributed by atoms with Crippen molar-refractivity contribution in [1.82, 2.24) is 15.0 Å². The lowest BCUT2D eigenvalue weighted by Gasteiger charge is -2.31. The lowest BCUT2D eigenvalue weighted by Crippen LogP contribution is -2.39. The second-order valence-corrected chi connectivity index (χ2v) is 6.68. The van der Waals surface area contributed by atoms with Gasteiger partial charge in [-0.05, 0) is 37.1 Å². The number of carbonyl (C=O) groups is 1. The van der Waals surface area contributed by atoms with Crippen LogP contribution in [0.25, 0.3) is 0 Å². The minimum atomic E-state index is 0.0231. The van der Waals surface area contributed by atoms with Crippen molar-refractivity contribution in [3.05, 3.63) is 46.6 Å². The van der Waals surface area contributed by atoms with Crippen molar-refractivity contribution >= 4 is 17.5 Å². The molecule has 0 spiro atoms. The Hall–Kier alpha value is -1.88. The van der Waals surface area contributed by atoms with Crippen molar-refractivity contribution in [3.63, 3.8) is 0 Å². The van der Waals surface area contributed by atoms with Crippen molar-refractivity contribution in [2.75, 3.05) is 13.1 Å². The molecule has 1 aliphatic rings. The Labute approximate surface area is 140 Å². The van der Waals surface area contributed by atoms with E-state index < -0.39 is 0 Å². The molecule has 1 aromatic carbocycles. The maximum absolute atomic E-state index is 12.6. The summed E-state index contributed by atoms with van der Waals surface area (Å²) in [4.78, 5) is 19.0. The van der Waals surface area contributed by atoms with E-state index in [1.165, 1.54) is 0 Å². The highest BCUT2D eigenvalue weighted by atomic mass is 35.5. The SMILES string of the molecule is CC(C)c1noc([C@@H]2CCCN(C(=O)c3ccc(Cl)cc3)C2)n1. The number of halogens is 1. The van der Waals surface area contributed by atoms with Crippen molar-refractivity contribution in [2.45, 2.75) is 38.5 Å². The van der Waals surface area contributed by atoms with Crippen LogP contribution in [0.15, 0.2) is 28.8 Å². The Bertz CT molecular complexity index is 681. The van der Waals surface area contributed by atoms with Crippen LogP contribution in [0.5, 0.6) is 0 Å². The largest absolute Gasteiger partial charge is 0.339 e. The van der Waals surface area contributed by atoms with Crippen LogP contribution in [-0.4, -0.2) is 34.0 Å². The van der Waals surface area contributed by atoms with Crippen molar-refractivity contribution in [1.29, 1.82) is 0 Å². The van der Waals surface area contributed by atoms with Gasteiger partial charge < -0.3 is 9.42 Å². The molecule has 0 saturated carbocycles. The Morgan fingerprint density at radius 3 is 2.74 bits per heavy atom. The molecule has 0 N–H and O–H groups in total. The predicted molar refractivity (Wildman–Crippen MR) is 87.7 cm³/mol. The zero-order valence-electron chi connectivity index (χ0n) is 13.3. The lowest BCUT2D eigenvalue weighted by atomic mass is 9.97. The Morgan fingerprint density at radius 2 is 2.09 bits per heavy atom. The van der Waals surface area contributed by atoms with Gasteiger partial charge in [-0.15, -0.1) is 0 Å². The minimum absolute atomic E-state index is 0.0231. The standard InChI is InChI=1S/C17H20ClN3O2/c1-11(2)15-19-16(23-20-15)13-4-3-9-21(10-13)17(22)12-5-7-14(18)8-6-12/h5-8,11,13H,3-4,9-10H2,1-2H3/t13-/m1/s1. The highest BCUT2D eigenvalue weighted by molar-refractivity contribution is 6.30. The molecule has 0 bridgehead atoms. The predicted octanol–water partition coefficient (Wildman–Crippen LogP) is 3.87. The fourth-order valence-corrected chi connectivity index (χ4v) is 2.91. The normalized spacial score (nSPS) is 18.4. The first-order valence-electron chi connectivity index (χ1n) is 7.93. The van der Waals surface area contributed by atoms with Crippen LogP contribution in [0.4, 0.5) is 0 Å². The maximum Gasteiger partial charge on any atom is 0.253 e. The monoisotopic (exact) mass is 333 g/mol. The van der Waals surface area contributed by atoms with Gasteiger partial charge >= 0.3 is 0 Å². The van der Waals surface area contributed by atoms with E-state index in [2.05, 4.69) is 10.1 Å². The lowest BCUT2D eigenvalue weighted by molar-refractivity contribution is 0.0695. The van der Waals surface area contributed by atoms with E-state index in [1.54, 1.807) is 24.3 Å². The third kappa shape index (κ3) is 3.55. The minimum Gasteiger partial charge on any atom is -0.339 e. The molecule has 23 heavy (non-hydrogen) atoms. The Kier molecular flexibility index (Phi) is 4.66. The van der Waals surface area contributed by atoms with Crippen LogP contribution >= 0.6 is 11.6 Å². The smallest absolute Gasteiger partial charge is 0.253 e. The van der Waals surface area contributed by atoms with Gasteiger partial charge in [0.05, 0.1) is 5.92 Å². The highest BCUT2D eigenvalue weighted by Crippen LogP contribution is 2.27. The number of amides is 1. The van der Waals surface area contributed by atoms with Gasteiger partial charge in [-0.3, -0.25) is 4.79 Å². The highest BCUT2D eigenvalue weighted by Gasteiger charge is 2.29. The van der Waals surface area contributed by atoms with Gasteiger partial charge in [-0.1, -0.05) is 30.6 Å². The summed E-state index contributed by atoms with van der Waals surface area (Å²) in [6.45, 7) is 5.43. The molecule has 5 nitrogen and oxygen atoms in total. The molecule has 2 aromatic rings. The van der Waals surface area contributed by atoms with Gasteiger partial charge in [-0.2, -0.15) is 4.98 Å². The van der Waals surface area contributed by atoms with Crippen LogP contribution in [0.1, 0.15) is 60.6 Å². The number of rotatable bonds is 3. The first-order valence-corrected chi connectivity index (χ1v) is 8.30. The second-order valence-electron chi connectivity index (χ2n) is 6.24. The van der Waals surface area contributed by atoms with Crippen molar-refractivity contribution < 1.29 is 9.32 Å². The average Bonchev–Trinajstić information content (AvgIpc) is 3.05. The van der Waals surface area contributed by atoms with Crippen LogP contribution in [0.2, 0.25) is 5.02 Å². The Morgan fingerprint density at radius 1 is 1.35 bits per heavy atom. The molecule has 1 aromatic heterocycles. The number of likely N-dealkylation sites (tertiary alicyclic amines) is 1. The van der Waals surface area contributed by atoms with Gasteiger partial charge in [-0.25, -0.2) is 0 Å². The zero-order valence-corrected chi connectivity index (χ0v) is 14.1. The molecule has 122 valence electrons. The summed E-state index contributed by atoms with van der Waals surface area (Å²) in [5.41, 5.74) is 0.656. The molecule has 1 aliphatic heterocycles. The van der Waals surface area contributed by atoms with Crippen LogP contribution in [-0.2, 0) is 0 Å². The summed E-state index contributed by atoms with van der Waals surface area (Å²) in [7, 11) is 0. The quantitative estimate of drug-likeness (QED) is 0.855. The molecule has 1 fully saturated rings. The van der Waals surface area contributed by atoms with Crippen LogP contribution < -0.4 is 0 Å². The van der Waals surface area contributed by atoms with Gasteiger partial charge in [0.25, 0.3) is 5.91 Å². The molecule has 3 rings (SSSR count). The van der Waals surface area contributed by atoms with E-state index in [0.29, 0.717) is 23.0 Å². The van der Waals surface area contributed by atoms with Gasteiger partial charge in [0.1, 0.15) is 0 Å². The summed E-state index contributed by atoms with van der Waals surface area (Å²) in [5.74, 6) is 1.74. The third-order valence-corrected chi connectivity index (χ3v) is 4.37. The summed E-state index contributed by atoms with van der Waals surface area (Å²) >= 11 is 5.88. The second kappa shape index (κ2) is 6.71. The number of piperidine rings is 1. The molecule has 0 aliphatic carbocycles. The molecule has 6 heteroatoms. The summed E-state index contributed by atoms with van der Waals surface area (Å²) in [6.07, 6.45) is 1.90. The van der Waals surface area contributed by atoms with Crippen LogP contribution in [0.3, 0.4) is 0 Å². The van der Waals surface area contributed by atoms with E-state index in [1.807, 2.05) is 18.7 Å². The van der Waals surface area contributed by atoms with Gasteiger partial charge in [0.2, 0.25) is 5.89 Å². The number of hydrogen-bond acceptors (Lipinski definition) is 4. The van der Waals surface area contributed by atoms with Crippen molar-refractivity contribution in [2.24, 2.45) is 0 Å². The summed E-state index contributed by atoms with van der Waals surface area (Å²) in [5, 5.41) is 4.65. The van der Waals surface area contributed by atoms with Crippen LogP contribution in [0, 0.1) is 0 Å². The van der Waals surface area contributed by atoms with E-state index in [4.69, 9.17) is 16.1 Å². The number of benzene rings is 1. The molecular formula is C17H20ClN3O2. The number of hydrogen-bond donors (Lipinski definition) is 0. The Balaban J connectivity index is 1.72. The topological polar surface area (TPSA) is 59.2 Å². The molecule has 0 radical (unpaired) electrons. The molecular weight excluding hydrogens is 314 g/mol. The average molecular weight is 334 g/mol.